The Labute approximate surface area is 85.3 Å². The number of carboxylic acid groups (broad SMARTS) is 1. The fourth-order valence-electron chi connectivity index (χ4n) is 1.20. The van der Waals surface area contributed by atoms with E-state index in [9.17, 15) is 4.79 Å². The van der Waals surface area contributed by atoms with Gasteiger partial charge in [-0.2, -0.15) is 0 Å². The van der Waals surface area contributed by atoms with Crippen molar-refractivity contribution in [2.75, 3.05) is 19.7 Å². The Bertz CT molecular complexity index is 169. The molecule has 14 heavy (non-hydrogen) atoms. The number of aliphatic hydroxyl groups excluding tert-OH is 1. The molecule has 0 heterocycles. The van der Waals surface area contributed by atoms with Crippen molar-refractivity contribution in [3.63, 3.8) is 0 Å². The van der Waals surface area contributed by atoms with Crippen LogP contribution in [0.5, 0.6) is 0 Å². The average Bonchev–Trinajstić information content (AvgIpc) is 2.10. The normalized spacial score (nSPS) is 11.6. The molecule has 0 unspecified atom stereocenters. The number of nitrogens with one attached hydrogen (secondary N) is 1. The predicted molar refractivity (Wildman–Crippen MR) is 55.2 cm³/mol. The van der Waals surface area contributed by atoms with Gasteiger partial charge in [0.25, 0.3) is 0 Å². The summed E-state index contributed by atoms with van der Waals surface area (Å²) in [6.45, 7) is 5.71. The van der Waals surface area contributed by atoms with E-state index in [-0.39, 0.29) is 18.4 Å². The van der Waals surface area contributed by atoms with Crippen molar-refractivity contribution < 1.29 is 15.0 Å². The van der Waals surface area contributed by atoms with E-state index in [0.29, 0.717) is 13.0 Å². The molecule has 0 amide bonds. The molecule has 0 rings (SSSR count). The first-order valence-corrected chi connectivity index (χ1v) is 5.01. The van der Waals surface area contributed by atoms with E-state index in [0.717, 1.165) is 13.0 Å². The van der Waals surface area contributed by atoms with Crippen LogP contribution in [0, 0.1) is 5.41 Å². The number of carboxylic acids is 1. The van der Waals surface area contributed by atoms with Gasteiger partial charge in [0.05, 0.1) is 6.61 Å². The maximum Gasteiger partial charge on any atom is 0.303 e. The van der Waals surface area contributed by atoms with Gasteiger partial charge >= 0.3 is 5.97 Å². The second-order valence-electron chi connectivity index (χ2n) is 4.28. The lowest BCUT2D eigenvalue weighted by Gasteiger charge is -2.23. The Kier molecular flexibility index (Phi) is 6.49. The maximum absolute atomic E-state index is 10.4. The lowest BCUT2D eigenvalue weighted by molar-refractivity contribution is -0.137. The number of rotatable bonds is 8. The highest BCUT2D eigenvalue weighted by Gasteiger charge is 2.18. The van der Waals surface area contributed by atoms with Crippen molar-refractivity contribution in [3.05, 3.63) is 0 Å². The summed E-state index contributed by atoms with van der Waals surface area (Å²) >= 11 is 0. The molecule has 0 bridgehead atoms. The molecule has 0 aliphatic carbocycles. The second-order valence-corrected chi connectivity index (χ2v) is 4.28. The summed E-state index contributed by atoms with van der Waals surface area (Å²) < 4.78 is 0. The van der Waals surface area contributed by atoms with Crippen molar-refractivity contribution in [2.24, 2.45) is 5.41 Å². The molecule has 0 fully saturated rings. The van der Waals surface area contributed by atoms with Crippen LogP contribution in [0.4, 0.5) is 0 Å². The minimum Gasteiger partial charge on any atom is -0.481 e. The third kappa shape index (κ3) is 8.01. The first kappa shape index (κ1) is 13.4. The molecule has 0 aliphatic heterocycles. The quantitative estimate of drug-likeness (QED) is 0.511. The number of hydrogen-bond donors (Lipinski definition) is 3. The first-order valence-electron chi connectivity index (χ1n) is 5.01. The Morgan fingerprint density at radius 2 is 1.93 bits per heavy atom. The lowest BCUT2D eigenvalue weighted by Crippen LogP contribution is -2.25. The van der Waals surface area contributed by atoms with Crippen LogP contribution in [0.1, 0.15) is 33.1 Å². The Morgan fingerprint density at radius 3 is 2.43 bits per heavy atom. The third-order valence-corrected chi connectivity index (χ3v) is 2.28. The molecule has 0 saturated carbocycles. The van der Waals surface area contributed by atoms with Crippen LogP contribution < -0.4 is 5.32 Å². The minimum absolute atomic E-state index is 0.0564. The standard InChI is InChI=1S/C10H21NO3/c1-10(2,4-3-9(13)14)5-6-11-7-8-12/h11-12H,3-8H2,1-2H3,(H,13,14). The molecule has 4 heteroatoms. The number of hydrogen-bond acceptors (Lipinski definition) is 3. The molecule has 0 aromatic carbocycles. The van der Waals surface area contributed by atoms with Crippen molar-refractivity contribution in [1.82, 2.24) is 5.32 Å². The van der Waals surface area contributed by atoms with Gasteiger partial charge in [-0.05, 0) is 24.8 Å². The average molecular weight is 203 g/mol. The Morgan fingerprint density at radius 1 is 1.29 bits per heavy atom. The van der Waals surface area contributed by atoms with Crippen LogP contribution in [-0.2, 0) is 4.79 Å². The summed E-state index contributed by atoms with van der Waals surface area (Å²) in [6, 6.07) is 0. The predicted octanol–water partition coefficient (Wildman–Crippen LogP) is 0.849. The highest BCUT2D eigenvalue weighted by atomic mass is 16.4. The molecule has 4 nitrogen and oxygen atoms in total. The third-order valence-electron chi connectivity index (χ3n) is 2.28. The monoisotopic (exact) mass is 203 g/mol. The van der Waals surface area contributed by atoms with Crippen LogP contribution in [0.3, 0.4) is 0 Å². The minimum atomic E-state index is -0.735. The van der Waals surface area contributed by atoms with E-state index in [1.807, 2.05) is 0 Å². The molecule has 0 aromatic heterocycles. The number of aliphatic carboxylic acids is 1. The van der Waals surface area contributed by atoms with E-state index in [1.54, 1.807) is 0 Å². The molecule has 3 N–H and O–H groups in total. The SMILES string of the molecule is CC(C)(CCNCCO)CCC(=O)O. The van der Waals surface area contributed by atoms with Crippen LogP contribution in [-0.4, -0.2) is 35.9 Å². The highest BCUT2D eigenvalue weighted by molar-refractivity contribution is 5.66. The summed E-state index contributed by atoms with van der Waals surface area (Å²) in [6.07, 6.45) is 1.86. The highest BCUT2D eigenvalue weighted by Crippen LogP contribution is 2.25. The zero-order chi connectivity index (χ0) is 11.0. The van der Waals surface area contributed by atoms with Gasteiger partial charge in [-0.25, -0.2) is 0 Å². The van der Waals surface area contributed by atoms with Gasteiger partial charge in [0.2, 0.25) is 0 Å². The largest absolute Gasteiger partial charge is 0.481 e. The molecular formula is C10H21NO3. The van der Waals surface area contributed by atoms with Crippen LogP contribution in [0.15, 0.2) is 0 Å². The number of carbonyl (C=O) groups is 1. The lowest BCUT2D eigenvalue weighted by atomic mass is 9.84. The van der Waals surface area contributed by atoms with Gasteiger partial charge in [0, 0.05) is 13.0 Å². The van der Waals surface area contributed by atoms with Crippen LogP contribution in [0.2, 0.25) is 0 Å². The molecule has 0 saturated heterocycles. The zero-order valence-corrected chi connectivity index (χ0v) is 9.05. The summed E-state index contributed by atoms with van der Waals surface area (Å²) in [5.74, 6) is -0.735. The molecule has 0 spiro atoms. The van der Waals surface area contributed by atoms with E-state index >= 15 is 0 Å². The van der Waals surface area contributed by atoms with Crippen LogP contribution in [0.25, 0.3) is 0 Å². The van der Waals surface area contributed by atoms with Gasteiger partial charge < -0.3 is 15.5 Å². The smallest absolute Gasteiger partial charge is 0.303 e. The van der Waals surface area contributed by atoms with Gasteiger partial charge in [-0.15, -0.1) is 0 Å². The van der Waals surface area contributed by atoms with Crippen molar-refractivity contribution >= 4 is 5.97 Å². The zero-order valence-electron chi connectivity index (χ0n) is 9.05. The van der Waals surface area contributed by atoms with Crippen molar-refractivity contribution in [2.45, 2.75) is 33.1 Å². The fourth-order valence-corrected chi connectivity index (χ4v) is 1.20. The van der Waals surface area contributed by atoms with Crippen molar-refractivity contribution in [1.29, 1.82) is 0 Å². The first-order chi connectivity index (χ1) is 6.48. The molecule has 0 aromatic rings. The van der Waals surface area contributed by atoms with Gasteiger partial charge in [-0.3, -0.25) is 4.79 Å². The fraction of sp³-hybridized carbons (Fsp3) is 0.900. The molecule has 0 aliphatic rings. The van der Waals surface area contributed by atoms with Gasteiger partial charge in [0.1, 0.15) is 0 Å². The topological polar surface area (TPSA) is 69.6 Å². The Hall–Kier alpha value is -0.610. The number of aliphatic hydroxyl groups is 1. The molecule has 84 valence electrons. The van der Waals surface area contributed by atoms with Crippen molar-refractivity contribution in [3.8, 4) is 0 Å². The summed E-state index contributed by atoms with van der Waals surface area (Å²) in [5, 5.41) is 20.2. The summed E-state index contributed by atoms with van der Waals surface area (Å²) in [4.78, 5) is 10.4. The molecule has 0 radical (unpaired) electrons. The van der Waals surface area contributed by atoms with Crippen LogP contribution >= 0.6 is 0 Å². The van der Waals surface area contributed by atoms with E-state index < -0.39 is 5.97 Å². The van der Waals surface area contributed by atoms with Gasteiger partial charge in [-0.1, -0.05) is 13.8 Å². The van der Waals surface area contributed by atoms with Gasteiger partial charge in [0.15, 0.2) is 0 Å². The Balaban J connectivity index is 3.55. The second kappa shape index (κ2) is 6.79. The van der Waals surface area contributed by atoms with E-state index in [4.69, 9.17) is 10.2 Å². The summed E-state index contributed by atoms with van der Waals surface area (Å²) in [5.41, 5.74) is 0.0564. The maximum atomic E-state index is 10.4. The van der Waals surface area contributed by atoms with E-state index in [2.05, 4.69) is 19.2 Å². The summed E-state index contributed by atoms with van der Waals surface area (Å²) in [7, 11) is 0. The van der Waals surface area contributed by atoms with E-state index in [1.165, 1.54) is 0 Å². The molecular weight excluding hydrogens is 182 g/mol. The molecule has 0 atom stereocenters.